The highest BCUT2D eigenvalue weighted by Crippen LogP contribution is 2.18. The van der Waals surface area contributed by atoms with Crippen molar-refractivity contribution in [2.75, 3.05) is 27.3 Å². The fourth-order valence-electron chi connectivity index (χ4n) is 1.16. The van der Waals surface area contributed by atoms with Gasteiger partial charge in [-0.25, -0.2) is 0 Å². The number of hydrogen-bond acceptors (Lipinski definition) is 3. The molecule has 0 aliphatic carbocycles. The van der Waals surface area contributed by atoms with Crippen LogP contribution in [-0.4, -0.2) is 44.2 Å². The maximum absolute atomic E-state index is 11.8. The van der Waals surface area contributed by atoms with Crippen molar-refractivity contribution in [3.05, 3.63) is 0 Å². The van der Waals surface area contributed by atoms with Crippen LogP contribution >= 0.6 is 0 Å². The molecule has 90 valence electrons. The van der Waals surface area contributed by atoms with E-state index in [9.17, 15) is 4.79 Å². The Morgan fingerprint density at radius 1 is 1.47 bits per heavy atom. The highest BCUT2D eigenvalue weighted by molar-refractivity contribution is 5.82. The summed E-state index contributed by atoms with van der Waals surface area (Å²) < 4.78 is 4.93. The van der Waals surface area contributed by atoms with Crippen molar-refractivity contribution in [3.8, 4) is 0 Å². The lowest BCUT2D eigenvalue weighted by molar-refractivity contribution is -0.133. The van der Waals surface area contributed by atoms with Crippen molar-refractivity contribution >= 4 is 5.91 Å². The fraction of sp³-hybridized carbons (Fsp3) is 0.909. The number of rotatable bonds is 5. The first-order valence-corrected chi connectivity index (χ1v) is 5.30. The lowest BCUT2D eigenvalue weighted by Crippen LogP contribution is -2.49. The number of nitrogens with zero attached hydrogens (tertiary/aromatic N) is 1. The van der Waals surface area contributed by atoms with Gasteiger partial charge in [-0.3, -0.25) is 4.79 Å². The van der Waals surface area contributed by atoms with Crippen LogP contribution in [0.25, 0.3) is 0 Å². The van der Waals surface area contributed by atoms with E-state index in [1.54, 1.807) is 19.1 Å². The topological polar surface area (TPSA) is 55.6 Å². The van der Waals surface area contributed by atoms with Crippen molar-refractivity contribution in [2.24, 2.45) is 11.1 Å². The van der Waals surface area contributed by atoms with Crippen LogP contribution in [0.15, 0.2) is 0 Å². The van der Waals surface area contributed by atoms with Gasteiger partial charge in [0.2, 0.25) is 5.91 Å². The van der Waals surface area contributed by atoms with Crippen LogP contribution in [0.3, 0.4) is 0 Å². The van der Waals surface area contributed by atoms with Gasteiger partial charge in [-0.1, -0.05) is 20.8 Å². The maximum Gasteiger partial charge on any atom is 0.239 e. The van der Waals surface area contributed by atoms with Crippen LogP contribution in [0.5, 0.6) is 0 Å². The van der Waals surface area contributed by atoms with Gasteiger partial charge in [0.05, 0.1) is 6.04 Å². The number of nitrogens with two attached hydrogens (primary N) is 1. The van der Waals surface area contributed by atoms with E-state index >= 15 is 0 Å². The van der Waals surface area contributed by atoms with Crippen LogP contribution in [0.2, 0.25) is 0 Å². The second kappa shape index (κ2) is 6.08. The molecule has 0 saturated heterocycles. The lowest BCUT2D eigenvalue weighted by Gasteiger charge is -2.29. The summed E-state index contributed by atoms with van der Waals surface area (Å²) in [5, 5.41) is 0. The SMILES string of the molecule is COCCCN(C)C(=O)C(N)C(C)(C)C. The first-order valence-electron chi connectivity index (χ1n) is 5.30. The standard InChI is InChI=1S/C11H24N2O2/c1-11(2,3)9(12)10(14)13(4)7-6-8-15-5/h9H,6-8,12H2,1-5H3. The molecule has 0 saturated carbocycles. The summed E-state index contributed by atoms with van der Waals surface area (Å²) in [6.07, 6.45) is 0.843. The number of amides is 1. The number of likely N-dealkylation sites (N-methyl/N-ethyl adjacent to an activating group) is 1. The van der Waals surface area contributed by atoms with E-state index in [0.717, 1.165) is 6.42 Å². The summed E-state index contributed by atoms with van der Waals surface area (Å²) in [6.45, 7) is 7.27. The van der Waals surface area contributed by atoms with Crippen LogP contribution in [0, 0.1) is 5.41 Å². The minimum absolute atomic E-state index is 0.00129. The molecule has 15 heavy (non-hydrogen) atoms. The zero-order valence-electron chi connectivity index (χ0n) is 10.5. The molecular weight excluding hydrogens is 192 g/mol. The van der Waals surface area contributed by atoms with E-state index in [0.29, 0.717) is 13.2 Å². The van der Waals surface area contributed by atoms with E-state index in [1.165, 1.54) is 0 Å². The summed E-state index contributed by atoms with van der Waals surface area (Å²) in [4.78, 5) is 13.5. The average molecular weight is 216 g/mol. The third-order valence-electron chi connectivity index (χ3n) is 2.42. The predicted octanol–water partition coefficient (Wildman–Crippen LogP) is 0.855. The van der Waals surface area contributed by atoms with Crippen molar-refractivity contribution < 1.29 is 9.53 Å². The third-order valence-corrected chi connectivity index (χ3v) is 2.42. The van der Waals surface area contributed by atoms with Crippen molar-refractivity contribution in [3.63, 3.8) is 0 Å². The number of ether oxygens (including phenoxy) is 1. The maximum atomic E-state index is 11.8. The molecule has 0 aliphatic heterocycles. The van der Waals surface area contributed by atoms with Crippen LogP contribution in [0.1, 0.15) is 27.2 Å². The van der Waals surface area contributed by atoms with E-state index < -0.39 is 6.04 Å². The summed E-state index contributed by atoms with van der Waals surface area (Å²) >= 11 is 0. The molecule has 4 nitrogen and oxygen atoms in total. The van der Waals surface area contributed by atoms with Gasteiger partial charge in [-0.05, 0) is 11.8 Å². The Morgan fingerprint density at radius 2 is 2.00 bits per heavy atom. The molecule has 0 heterocycles. The van der Waals surface area contributed by atoms with Gasteiger partial charge in [-0.15, -0.1) is 0 Å². The highest BCUT2D eigenvalue weighted by atomic mass is 16.5. The van der Waals surface area contributed by atoms with E-state index in [1.807, 2.05) is 20.8 Å². The van der Waals surface area contributed by atoms with Crippen LogP contribution in [-0.2, 0) is 9.53 Å². The molecule has 1 unspecified atom stereocenters. The molecule has 0 aromatic rings. The van der Waals surface area contributed by atoms with Crippen LogP contribution < -0.4 is 5.73 Å². The summed E-state index contributed by atoms with van der Waals surface area (Å²) in [5.74, 6) is -0.00129. The smallest absolute Gasteiger partial charge is 0.239 e. The minimum atomic E-state index is -0.440. The quantitative estimate of drug-likeness (QED) is 0.693. The van der Waals surface area contributed by atoms with Gasteiger partial charge in [-0.2, -0.15) is 0 Å². The molecule has 0 bridgehead atoms. The lowest BCUT2D eigenvalue weighted by atomic mass is 9.86. The van der Waals surface area contributed by atoms with Gasteiger partial charge < -0.3 is 15.4 Å². The number of hydrogen-bond donors (Lipinski definition) is 1. The molecule has 1 atom stereocenters. The van der Waals surface area contributed by atoms with E-state index in [-0.39, 0.29) is 11.3 Å². The average Bonchev–Trinajstić information content (AvgIpc) is 2.14. The summed E-state index contributed by atoms with van der Waals surface area (Å²) in [7, 11) is 3.44. The normalized spacial score (nSPS) is 13.7. The Labute approximate surface area is 92.8 Å². The molecule has 2 N–H and O–H groups in total. The molecule has 0 radical (unpaired) electrons. The Kier molecular flexibility index (Phi) is 5.83. The Balaban J connectivity index is 4.09. The number of carbonyl (C=O) groups excluding carboxylic acids is 1. The number of methoxy groups -OCH3 is 1. The second-order valence-electron chi connectivity index (χ2n) is 4.95. The van der Waals surface area contributed by atoms with Gasteiger partial charge >= 0.3 is 0 Å². The Hall–Kier alpha value is -0.610. The molecule has 0 spiro atoms. The molecule has 0 rings (SSSR count). The molecule has 0 fully saturated rings. The highest BCUT2D eigenvalue weighted by Gasteiger charge is 2.29. The Bertz CT molecular complexity index is 199. The fourth-order valence-corrected chi connectivity index (χ4v) is 1.16. The first-order chi connectivity index (χ1) is 6.80. The third kappa shape index (κ3) is 5.14. The molecule has 0 aliphatic rings. The molecule has 0 aromatic carbocycles. The minimum Gasteiger partial charge on any atom is -0.385 e. The largest absolute Gasteiger partial charge is 0.385 e. The monoisotopic (exact) mass is 216 g/mol. The zero-order valence-corrected chi connectivity index (χ0v) is 10.5. The summed E-state index contributed by atoms with van der Waals surface area (Å²) in [5.41, 5.74) is 5.69. The van der Waals surface area contributed by atoms with Gasteiger partial charge in [0.1, 0.15) is 0 Å². The van der Waals surface area contributed by atoms with Gasteiger partial charge in [0.25, 0.3) is 0 Å². The van der Waals surface area contributed by atoms with Gasteiger partial charge in [0.15, 0.2) is 0 Å². The second-order valence-corrected chi connectivity index (χ2v) is 4.95. The molecule has 0 aromatic heterocycles. The van der Waals surface area contributed by atoms with Crippen LogP contribution in [0.4, 0.5) is 0 Å². The van der Waals surface area contributed by atoms with Crippen molar-refractivity contribution in [1.82, 2.24) is 4.90 Å². The number of carbonyl (C=O) groups is 1. The zero-order chi connectivity index (χ0) is 12.1. The van der Waals surface area contributed by atoms with Crippen molar-refractivity contribution in [2.45, 2.75) is 33.2 Å². The predicted molar refractivity (Wildman–Crippen MR) is 61.6 cm³/mol. The Morgan fingerprint density at radius 3 is 2.40 bits per heavy atom. The molecule has 1 amide bonds. The van der Waals surface area contributed by atoms with Gasteiger partial charge in [0, 0.05) is 27.3 Å². The van der Waals surface area contributed by atoms with Crippen molar-refractivity contribution in [1.29, 1.82) is 0 Å². The van der Waals surface area contributed by atoms with E-state index in [2.05, 4.69) is 0 Å². The first kappa shape index (κ1) is 14.4. The molecular formula is C11H24N2O2. The molecule has 4 heteroatoms. The van der Waals surface area contributed by atoms with E-state index in [4.69, 9.17) is 10.5 Å². The summed E-state index contributed by atoms with van der Waals surface area (Å²) in [6, 6.07) is -0.440.